The number of hydrogen-bond donors (Lipinski definition) is 2. The molecule has 2 aliphatic heterocycles. The average molecular weight is 452 g/mol. The van der Waals surface area contributed by atoms with E-state index in [1.165, 1.54) is 12.0 Å². The molecule has 2 N–H and O–H groups in total. The fourth-order valence-electron chi connectivity index (χ4n) is 5.43. The summed E-state index contributed by atoms with van der Waals surface area (Å²) in [6, 6.07) is -1.66. The molecule has 0 radical (unpaired) electrons. The van der Waals surface area contributed by atoms with Crippen molar-refractivity contribution >= 4 is 23.9 Å². The third kappa shape index (κ3) is 5.35. The number of nitrogens with one attached hydrogen (secondary N) is 2. The van der Waals surface area contributed by atoms with E-state index in [0.29, 0.717) is 13.0 Å². The first-order valence-electron chi connectivity index (χ1n) is 11.5. The molecule has 3 amide bonds. The van der Waals surface area contributed by atoms with Crippen molar-refractivity contribution in [2.75, 3.05) is 13.7 Å². The summed E-state index contributed by atoms with van der Waals surface area (Å²) < 4.78 is 10.5. The number of methoxy groups -OCH3 is 1. The van der Waals surface area contributed by atoms with Crippen LogP contribution in [0.3, 0.4) is 0 Å². The summed E-state index contributed by atoms with van der Waals surface area (Å²) in [6.45, 7) is 9.69. The standard InChI is InChI=1S/C23H37N3O6/c1-22(2,3)32-21(30)26-12-13-8-7-9-15(13)17(26)19(28)24-16(20(29)31-6)10-14-11-23(4,5)25-18(14)27/h13-17H,7-12H2,1-6H3,(H,24,28)(H,25,27)/t13-,14?,15-,16?,17-/m0/s1. The second-order valence-electron chi connectivity index (χ2n) is 11.0. The molecular weight excluding hydrogens is 414 g/mol. The molecule has 1 saturated carbocycles. The highest BCUT2D eigenvalue weighted by Gasteiger charge is 2.51. The maximum Gasteiger partial charge on any atom is 0.410 e. The van der Waals surface area contributed by atoms with E-state index in [9.17, 15) is 19.2 Å². The van der Waals surface area contributed by atoms with Crippen molar-refractivity contribution in [3.8, 4) is 0 Å². The second-order valence-corrected chi connectivity index (χ2v) is 11.0. The van der Waals surface area contributed by atoms with E-state index in [1.54, 1.807) is 20.8 Å². The van der Waals surface area contributed by atoms with Crippen molar-refractivity contribution in [3.63, 3.8) is 0 Å². The Bertz CT molecular complexity index is 774. The topological polar surface area (TPSA) is 114 Å². The Kier molecular flexibility index (Phi) is 6.77. The zero-order valence-corrected chi connectivity index (χ0v) is 20.0. The third-order valence-corrected chi connectivity index (χ3v) is 6.70. The number of amides is 3. The van der Waals surface area contributed by atoms with Crippen LogP contribution in [0.1, 0.15) is 66.7 Å². The van der Waals surface area contributed by atoms with Gasteiger partial charge < -0.3 is 20.1 Å². The van der Waals surface area contributed by atoms with Crippen molar-refractivity contribution in [1.29, 1.82) is 0 Å². The van der Waals surface area contributed by atoms with Crippen LogP contribution in [0, 0.1) is 17.8 Å². The first kappa shape index (κ1) is 24.3. The highest BCUT2D eigenvalue weighted by Crippen LogP contribution is 2.43. The highest BCUT2D eigenvalue weighted by molar-refractivity contribution is 5.91. The molecule has 9 heteroatoms. The fourth-order valence-corrected chi connectivity index (χ4v) is 5.43. The Morgan fingerprint density at radius 1 is 1.25 bits per heavy atom. The highest BCUT2D eigenvalue weighted by atomic mass is 16.6. The van der Waals surface area contributed by atoms with Crippen molar-refractivity contribution in [3.05, 3.63) is 0 Å². The van der Waals surface area contributed by atoms with Crippen LogP contribution in [0.4, 0.5) is 4.79 Å². The minimum atomic E-state index is -0.960. The molecule has 0 aromatic heterocycles. The van der Waals surface area contributed by atoms with Crippen molar-refractivity contribution < 1.29 is 28.7 Å². The lowest BCUT2D eigenvalue weighted by Crippen LogP contribution is -2.54. The number of hydrogen-bond acceptors (Lipinski definition) is 6. The summed E-state index contributed by atoms with van der Waals surface area (Å²) in [4.78, 5) is 52.6. The van der Waals surface area contributed by atoms with Crippen molar-refractivity contribution in [2.45, 2.75) is 89.9 Å². The largest absolute Gasteiger partial charge is 0.467 e. The lowest BCUT2D eigenvalue weighted by Gasteiger charge is -2.31. The molecular formula is C23H37N3O6. The molecule has 180 valence electrons. The van der Waals surface area contributed by atoms with Crippen LogP contribution in [-0.2, 0) is 23.9 Å². The number of ether oxygens (including phenoxy) is 2. The molecule has 0 aromatic carbocycles. The van der Waals surface area contributed by atoms with E-state index < -0.39 is 41.6 Å². The molecule has 5 atom stereocenters. The molecule has 3 fully saturated rings. The first-order chi connectivity index (χ1) is 14.8. The third-order valence-electron chi connectivity index (χ3n) is 6.70. The van der Waals surface area contributed by atoms with Gasteiger partial charge in [0.2, 0.25) is 11.8 Å². The Balaban J connectivity index is 1.76. The number of carbonyl (C=O) groups is 4. The van der Waals surface area contributed by atoms with E-state index in [4.69, 9.17) is 9.47 Å². The molecule has 0 aromatic rings. The van der Waals surface area contributed by atoms with Gasteiger partial charge in [0.25, 0.3) is 0 Å². The van der Waals surface area contributed by atoms with Crippen molar-refractivity contribution in [2.24, 2.45) is 17.8 Å². The Morgan fingerprint density at radius 3 is 2.50 bits per heavy atom. The fraction of sp³-hybridized carbons (Fsp3) is 0.826. The molecule has 3 rings (SSSR count). The summed E-state index contributed by atoms with van der Waals surface area (Å²) in [6.07, 6.45) is 3.03. The lowest BCUT2D eigenvalue weighted by atomic mass is 9.90. The molecule has 0 bridgehead atoms. The first-order valence-corrected chi connectivity index (χ1v) is 11.5. The van der Waals surface area contributed by atoms with Gasteiger partial charge in [-0.25, -0.2) is 9.59 Å². The number of esters is 1. The normalized spacial score (nSPS) is 29.8. The molecule has 3 aliphatic rings. The number of fused-ring (bicyclic) bond motifs is 1. The van der Waals surface area contributed by atoms with Gasteiger partial charge in [-0.1, -0.05) is 6.42 Å². The van der Waals surface area contributed by atoms with Gasteiger partial charge in [-0.05, 0) is 72.1 Å². The maximum atomic E-state index is 13.4. The molecule has 1 aliphatic carbocycles. The van der Waals surface area contributed by atoms with Gasteiger partial charge in [0.15, 0.2) is 0 Å². The van der Waals surface area contributed by atoms with Gasteiger partial charge in [0, 0.05) is 18.0 Å². The summed E-state index contributed by atoms with van der Waals surface area (Å²) >= 11 is 0. The Labute approximate surface area is 189 Å². The van der Waals surface area contributed by atoms with E-state index in [2.05, 4.69) is 10.6 Å². The van der Waals surface area contributed by atoms with Crippen LogP contribution < -0.4 is 10.6 Å². The maximum absolute atomic E-state index is 13.4. The summed E-state index contributed by atoms with van der Waals surface area (Å²) in [7, 11) is 1.26. The lowest BCUT2D eigenvalue weighted by molar-refractivity contribution is -0.146. The van der Waals surface area contributed by atoms with Crippen LogP contribution in [0.5, 0.6) is 0 Å². The number of rotatable bonds is 5. The zero-order valence-electron chi connectivity index (χ0n) is 20.0. The Hall–Kier alpha value is -2.32. The quantitative estimate of drug-likeness (QED) is 0.618. The Morgan fingerprint density at radius 2 is 1.94 bits per heavy atom. The smallest absolute Gasteiger partial charge is 0.410 e. The number of nitrogens with zero attached hydrogens (tertiary/aromatic N) is 1. The zero-order chi connectivity index (χ0) is 23.8. The minimum Gasteiger partial charge on any atom is -0.467 e. The van der Waals surface area contributed by atoms with Crippen LogP contribution >= 0.6 is 0 Å². The van der Waals surface area contributed by atoms with Crippen LogP contribution in [0.2, 0.25) is 0 Å². The summed E-state index contributed by atoms with van der Waals surface area (Å²) in [5.41, 5.74) is -1.03. The molecule has 2 unspecified atom stereocenters. The van der Waals surface area contributed by atoms with Gasteiger partial charge >= 0.3 is 12.1 Å². The summed E-state index contributed by atoms with van der Waals surface area (Å²) in [5.74, 6) is -1.24. The van der Waals surface area contributed by atoms with Crippen LogP contribution in [0.15, 0.2) is 0 Å². The minimum absolute atomic E-state index is 0.0366. The predicted octanol–water partition coefficient (Wildman–Crippen LogP) is 1.98. The summed E-state index contributed by atoms with van der Waals surface area (Å²) in [5, 5.41) is 5.72. The van der Waals surface area contributed by atoms with Gasteiger partial charge in [-0.15, -0.1) is 0 Å². The predicted molar refractivity (Wildman–Crippen MR) is 116 cm³/mol. The van der Waals surface area contributed by atoms with E-state index in [1.807, 2.05) is 13.8 Å². The molecule has 2 heterocycles. The van der Waals surface area contributed by atoms with Crippen LogP contribution in [0.25, 0.3) is 0 Å². The SMILES string of the molecule is COC(=O)C(CC1CC(C)(C)NC1=O)NC(=O)[C@@H]1[C@H]2CCC[C@H]2CN1C(=O)OC(C)(C)C. The molecule has 9 nitrogen and oxygen atoms in total. The van der Waals surface area contributed by atoms with Gasteiger partial charge in [0.1, 0.15) is 17.7 Å². The second kappa shape index (κ2) is 8.90. The van der Waals surface area contributed by atoms with Crippen molar-refractivity contribution in [1.82, 2.24) is 15.5 Å². The van der Waals surface area contributed by atoms with Gasteiger partial charge in [-0.3, -0.25) is 14.5 Å². The van der Waals surface area contributed by atoms with E-state index in [0.717, 1.165) is 19.3 Å². The molecule has 32 heavy (non-hydrogen) atoms. The molecule has 0 spiro atoms. The van der Waals surface area contributed by atoms with Crippen LogP contribution in [-0.4, -0.2) is 65.7 Å². The number of carbonyl (C=O) groups excluding carboxylic acids is 4. The van der Waals surface area contributed by atoms with E-state index in [-0.39, 0.29) is 29.7 Å². The molecule has 2 saturated heterocycles. The number of likely N-dealkylation sites (tertiary alicyclic amines) is 1. The van der Waals surface area contributed by atoms with Gasteiger partial charge in [-0.2, -0.15) is 0 Å². The van der Waals surface area contributed by atoms with Gasteiger partial charge in [0.05, 0.1) is 7.11 Å². The monoisotopic (exact) mass is 451 g/mol. The van der Waals surface area contributed by atoms with E-state index >= 15 is 0 Å². The average Bonchev–Trinajstić information content (AvgIpc) is 3.31.